The number of hydrogen-bond donors (Lipinski definition) is 6. The maximum atomic E-state index is 10.3. The Labute approximate surface area is 172 Å². The van der Waals surface area contributed by atoms with E-state index in [2.05, 4.69) is 0 Å². The lowest BCUT2D eigenvalue weighted by atomic mass is 9.93. The van der Waals surface area contributed by atoms with Gasteiger partial charge >= 0.3 is 0 Å². The van der Waals surface area contributed by atoms with E-state index < -0.39 is 42.9 Å². The van der Waals surface area contributed by atoms with Gasteiger partial charge in [-0.1, -0.05) is 12.1 Å². The summed E-state index contributed by atoms with van der Waals surface area (Å²) < 4.78 is 17.5. The van der Waals surface area contributed by atoms with Crippen LogP contribution in [-0.2, 0) is 15.9 Å². The first-order valence-corrected chi connectivity index (χ1v) is 9.60. The number of ether oxygens (including phenoxy) is 3. The monoisotopic (exact) mass is 420 g/mol. The van der Waals surface area contributed by atoms with E-state index in [-0.39, 0.29) is 29.4 Å². The summed E-state index contributed by atoms with van der Waals surface area (Å²) in [5.74, 6) is 0.0165. The molecule has 0 aromatic heterocycles. The standard InChI is InChI=1S/C21H24O9/c1-9-17(25)18(26)19(27)21(28-9)30-16-8-13-14(24)6-12(23)7-15(13)29-20(16)10-2-4-11(22)5-3-10/h2-7,9,16-27H,8H2,1H3/t9-,16+,17+,18-,19+,20-,21+/m1/s1. The molecule has 162 valence electrons. The third-order valence-electron chi connectivity index (χ3n) is 5.51. The van der Waals surface area contributed by atoms with Gasteiger partial charge in [-0.2, -0.15) is 0 Å². The molecule has 7 atom stereocenters. The molecule has 2 aromatic rings. The molecule has 0 amide bonds. The minimum atomic E-state index is -1.49. The van der Waals surface area contributed by atoms with Crippen molar-refractivity contribution in [2.75, 3.05) is 0 Å². The Morgan fingerprint density at radius 1 is 0.900 bits per heavy atom. The van der Waals surface area contributed by atoms with Crippen molar-refractivity contribution in [2.24, 2.45) is 0 Å². The third kappa shape index (κ3) is 3.78. The molecule has 0 spiro atoms. The molecule has 2 aromatic carbocycles. The van der Waals surface area contributed by atoms with Crippen molar-refractivity contribution in [1.29, 1.82) is 0 Å². The molecule has 2 aliphatic rings. The third-order valence-corrected chi connectivity index (χ3v) is 5.51. The molecule has 1 saturated heterocycles. The van der Waals surface area contributed by atoms with Crippen molar-refractivity contribution < 1.29 is 44.8 Å². The zero-order valence-corrected chi connectivity index (χ0v) is 16.1. The van der Waals surface area contributed by atoms with Gasteiger partial charge < -0.3 is 44.8 Å². The molecule has 2 aliphatic heterocycles. The highest BCUT2D eigenvalue weighted by Gasteiger charge is 2.45. The van der Waals surface area contributed by atoms with Gasteiger partial charge in [0, 0.05) is 24.1 Å². The van der Waals surface area contributed by atoms with E-state index in [0.717, 1.165) is 0 Å². The van der Waals surface area contributed by atoms with Crippen LogP contribution >= 0.6 is 0 Å². The molecule has 0 radical (unpaired) electrons. The van der Waals surface area contributed by atoms with Crippen LogP contribution in [0.3, 0.4) is 0 Å². The molecule has 9 nitrogen and oxygen atoms in total. The lowest BCUT2D eigenvalue weighted by molar-refractivity contribution is -0.310. The van der Waals surface area contributed by atoms with Crippen LogP contribution in [0.5, 0.6) is 23.0 Å². The number of hydrogen-bond acceptors (Lipinski definition) is 9. The summed E-state index contributed by atoms with van der Waals surface area (Å²) in [6.45, 7) is 1.55. The summed E-state index contributed by atoms with van der Waals surface area (Å²) in [5, 5.41) is 59.9. The van der Waals surface area contributed by atoms with Gasteiger partial charge in [0.2, 0.25) is 0 Å². The van der Waals surface area contributed by atoms with Crippen molar-refractivity contribution in [1.82, 2.24) is 0 Å². The SMILES string of the molecule is C[C@H]1O[C@@H](O[C@H]2Cc3c(O)cc(O)cc3O[C@@H]2c2ccc(O)cc2)[C@@H](O)[C@H](O)[C@H]1O. The summed E-state index contributed by atoms with van der Waals surface area (Å²) in [6, 6.07) is 8.83. The Hall–Kier alpha value is -2.56. The average Bonchev–Trinajstić information content (AvgIpc) is 2.71. The van der Waals surface area contributed by atoms with E-state index in [1.54, 1.807) is 19.1 Å². The summed E-state index contributed by atoms with van der Waals surface area (Å²) in [6.07, 6.45) is -7.55. The fourth-order valence-electron chi connectivity index (χ4n) is 3.81. The van der Waals surface area contributed by atoms with E-state index >= 15 is 0 Å². The number of benzene rings is 2. The van der Waals surface area contributed by atoms with Crippen LogP contribution < -0.4 is 4.74 Å². The van der Waals surface area contributed by atoms with Gasteiger partial charge in [-0.05, 0) is 24.6 Å². The molecule has 0 bridgehead atoms. The lowest BCUT2D eigenvalue weighted by Gasteiger charge is -2.42. The number of aromatic hydroxyl groups is 3. The molecular formula is C21H24O9. The van der Waals surface area contributed by atoms with Crippen LogP contribution in [0, 0.1) is 0 Å². The number of aliphatic hydroxyl groups excluding tert-OH is 3. The Kier molecular flexibility index (Phi) is 5.48. The van der Waals surface area contributed by atoms with Gasteiger partial charge in [0.25, 0.3) is 0 Å². The summed E-state index contributed by atoms with van der Waals surface area (Å²) in [4.78, 5) is 0. The summed E-state index contributed by atoms with van der Waals surface area (Å²) in [5.41, 5.74) is 1.05. The number of aliphatic hydroxyl groups is 3. The molecule has 4 rings (SSSR count). The molecule has 0 unspecified atom stereocenters. The zero-order chi connectivity index (χ0) is 21.6. The second kappa shape index (κ2) is 7.93. The normalized spacial score (nSPS) is 33.5. The Bertz CT molecular complexity index is 900. The molecule has 0 aliphatic carbocycles. The predicted octanol–water partition coefficient (Wildman–Crippen LogP) is 0.692. The molecule has 2 heterocycles. The predicted molar refractivity (Wildman–Crippen MR) is 102 cm³/mol. The maximum Gasteiger partial charge on any atom is 0.187 e. The van der Waals surface area contributed by atoms with Gasteiger partial charge in [-0.3, -0.25) is 0 Å². The van der Waals surface area contributed by atoms with Crippen molar-refractivity contribution >= 4 is 0 Å². The van der Waals surface area contributed by atoms with E-state index in [1.807, 2.05) is 0 Å². The average molecular weight is 420 g/mol. The molecule has 30 heavy (non-hydrogen) atoms. The second-order valence-corrected chi connectivity index (χ2v) is 7.63. The smallest absolute Gasteiger partial charge is 0.187 e. The van der Waals surface area contributed by atoms with Gasteiger partial charge in [-0.25, -0.2) is 0 Å². The minimum absolute atomic E-state index is 0.0692. The van der Waals surface area contributed by atoms with Gasteiger partial charge in [0.15, 0.2) is 12.4 Å². The van der Waals surface area contributed by atoms with Crippen LogP contribution in [0.4, 0.5) is 0 Å². The van der Waals surface area contributed by atoms with Crippen LogP contribution in [0.2, 0.25) is 0 Å². The molecule has 9 heteroatoms. The van der Waals surface area contributed by atoms with E-state index in [4.69, 9.17) is 14.2 Å². The first kappa shape index (κ1) is 20.7. The van der Waals surface area contributed by atoms with E-state index in [1.165, 1.54) is 24.3 Å². The van der Waals surface area contributed by atoms with Crippen LogP contribution in [-0.4, -0.2) is 67.4 Å². The van der Waals surface area contributed by atoms with Crippen LogP contribution in [0.15, 0.2) is 36.4 Å². The van der Waals surface area contributed by atoms with Crippen LogP contribution in [0.1, 0.15) is 24.2 Å². The molecule has 0 saturated carbocycles. The molecule has 1 fully saturated rings. The van der Waals surface area contributed by atoms with Crippen molar-refractivity contribution in [2.45, 2.75) is 56.3 Å². The van der Waals surface area contributed by atoms with Crippen molar-refractivity contribution in [3.63, 3.8) is 0 Å². The largest absolute Gasteiger partial charge is 0.508 e. The summed E-state index contributed by atoms with van der Waals surface area (Å²) >= 11 is 0. The van der Waals surface area contributed by atoms with Crippen molar-refractivity contribution in [3.8, 4) is 23.0 Å². The highest BCUT2D eigenvalue weighted by Crippen LogP contribution is 2.43. The van der Waals surface area contributed by atoms with Crippen molar-refractivity contribution in [3.05, 3.63) is 47.5 Å². The lowest BCUT2D eigenvalue weighted by Crippen LogP contribution is -2.58. The van der Waals surface area contributed by atoms with Gasteiger partial charge in [0.05, 0.1) is 6.10 Å². The van der Waals surface area contributed by atoms with Crippen LogP contribution in [0.25, 0.3) is 0 Å². The number of fused-ring (bicyclic) bond motifs is 1. The molecular weight excluding hydrogens is 396 g/mol. The Morgan fingerprint density at radius 2 is 1.60 bits per heavy atom. The summed E-state index contributed by atoms with van der Waals surface area (Å²) in [7, 11) is 0. The van der Waals surface area contributed by atoms with Gasteiger partial charge in [0.1, 0.15) is 47.4 Å². The first-order chi connectivity index (χ1) is 14.2. The van der Waals surface area contributed by atoms with Gasteiger partial charge in [-0.15, -0.1) is 0 Å². The molecule has 6 N–H and O–H groups in total. The maximum absolute atomic E-state index is 10.3. The highest BCUT2D eigenvalue weighted by molar-refractivity contribution is 5.51. The topological polar surface area (TPSA) is 149 Å². The highest BCUT2D eigenvalue weighted by atomic mass is 16.7. The van der Waals surface area contributed by atoms with E-state index in [9.17, 15) is 30.6 Å². The fourth-order valence-corrected chi connectivity index (χ4v) is 3.81. The zero-order valence-electron chi connectivity index (χ0n) is 16.1. The minimum Gasteiger partial charge on any atom is -0.508 e. The second-order valence-electron chi connectivity index (χ2n) is 7.63. The number of phenolic OH excluding ortho intramolecular Hbond substituents is 3. The number of rotatable bonds is 3. The first-order valence-electron chi connectivity index (χ1n) is 9.60. The number of phenols is 3. The van der Waals surface area contributed by atoms with E-state index in [0.29, 0.717) is 11.1 Å². The Balaban J connectivity index is 1.66. The fraction of sp³-hybridized carbons (Fsp3) is 0.429. The Morgan fingerprint density at radius 3 is 2.30 bits per heavy atom. The quantitative estimate of drug-likeness (QED) is 0.422.